The molecule has 4 heteroatoms. The van der Waals surface area contributed by atoms with Crippen molar-refractivity contribution in [1.29, 1.82) is 0 Å². The average molecular weight is 294 g/mol. The summed E-state index contributed by atoms with van der Waals surface area (Å²) in [5.74, 6) is -3.07. The zero-order valence-electron chi connectivity index (χ0n) is 12.1. The van der Waals surface area contributed by atoms with E-state index in [0.29, 0.717) is 12.8 Å². The van der Waals surface area contributed by atoms with E-state index in [-0.39, 0.29) is 37.3 Å². The maximum absolute atomic E-state index is 13.5. The van der Waals surface area contributed by atoms with Gasteiger partial charge < -0.3 is 4.74 Å². The molecule has 2 saturated carbocycles. The van der Waals surface area contributed by atoms with Crippen LogP contribution in [0, 0.1) is 17.3 Å². The number of alkyl halides is 2. The Morgan fingerprint density at radius 3 is 2.67 bits per heavy atom. The van der Waals surface area contributed by atoms with E-state index >= 15 is 0 Å². The first-order chi connectivity index (χ1) is 9.88. The summed E-state index contributed by atoms with van der Waals surface area (Å²) >= 11 is 0. The number of halogens is 2. The SMILES string of the molecule is CC12CC(C(=O)OCc3ccccc3)C[C@H]1CC(F)(F)C2. The van der Waals surface area contributed by atoms with Gasteiger partial charge in [-0.2, -0.15) is 0 Å². The number of benzene rings is 1. The molecule has 0 spiro atoms. The van der Waals surface area contributed by atoms with Crippen LogP contribution in [0.3, 0.4) is 0 Å². The summed E-state index contributed by atoms with van der Waals surface area (Å²) in [5, 5.41) is 0. The molecular weight excluding hydrogens is 274 g/mol. The van der Waals surface area contributed by atoms with Crippen molar-refractivity contribution in [3.63, 3.8) is 0 Å². The van der Waals surface area contributed by atoms with Crippen molar-refractivity contribution in [2.24, 2.45) is 17.3 Å². The van der Waals surface area contributed by atoms with Gasteiger partial charge in [0, 0.05) is 12.8 Å². The number of ether oxygens (including phenoxy) is 1. The first kappa shape index (κ1) is 14.5. The minimum absolute atomic E-state index is 0.0539. The molecule has 0 amide bonds. The van der Waals surface area contributed by atoms with Crippen LogP contribution in [0.5, 0.6) is 0 Å². The van der Waals surface area contributed by atoms with Gasteiger partial charge in [0.2, 0.25) is 5.92 Å². The van der Waals surface area contributed by atoms with E-state index in [2.05, 4.69) is 0 Å². The van der Waals surface area contributed by atoms with Gasteiger partial charge in [-0.25, -0.2) is 8.78 Å². The Morgan fingerprint density at radius 2 is 2.00 bits per heavy atom. The molecule has 0 saturated heterocycles. The molecule has 0 aromatic heterocycles. The number of rotatable bonds is 3. The highest BCUT2D eigenvalue weighted by Crippen LogP contribution is 2.60. The number of hydrogen-bond donors (Lipinski definition) is 0. The van der Waals surface area contributed by atoms with Gasteiger partial charge in [-0.05, 0) is 29.7 Å². The van der Waals surface area contributed by atoms with Gasteiger partial charge in [0.05, 0.1) is 5.92 Å². The third-order valence-electron chi connectivity index (χ3n) is 5.03. The van der Waals surface area contributed by atoms with Gasteiger partial charge in [-0.3, -0.25) is 4.79 Å². The molecule has 0 heterocycles. The van der Waals surface area contributed by atoms with Crippen LogP contribution in [-0.4, -0.2) is 11.9 Å². The highest BCUT2D eigenvalue weighted by Gasteiger charge is 2.58. The normalized spacial score (nSPS) is 33.7. The highest BCUT2D eigenvalue weighted by atomic mass is 19.3. The van der Waals surface area contributed by atoms with E-state index in [1.807, 2.05) is 37.3 Å². The van der Waals surface area contributed by atoms with E-state index in [4.69, 9.17) is 4.74 Å². The molecule has 0 N–H and O–H groups in total. The second kappa shape index (κ2) is 5.08. The lowest BCUT2D eigenvalue weighted by Gasteiger charge is -2.22. The molecule has 2 aliphatic carbocycles. The second-order valence-electron chi connectivity index (χ2n) is 6.82. The summed E-state index contributed by atoms with van der Waals surface area (Å²) in [6.45, 7) is 2.15. The summed E-state index contributed by atoms with van der Waals surface area (Å²) in [4.78, 5) is 12.1. The van der Waals surface area contributed by atoms with Crippen molar-refractivity contribution in [2.75, 3.05) is 0 Å². The molecule has 1 aromatic rings. The lowest BCUT2D eigenvalue weighted by molar-refractivity contribution is -0.150. The Morgan fingerprint density at radius 1 is 1.29 bits per heavy atom. The van der Waals surface area contributed by atoms with Crippen LogP contribution in [0.1, 0.15) is 38.2 Å². The minimum atomic E-state index is -2.56. The fraction of sp³-hybridized carbons (Fsp3) is 0.588. The van der Waals surface area contributed by atoms with Gasteiger partial charge in [-0.15, -0.1) is 0 Å². The van der Waals surface area contributed by atoms with Gasteiger partial charge in [0.15, 0.2) is 0 Å². The van der Waals surface area contributed by atoms with Crippen LogP contribution in [0.4, 0.5) is 8.78 Å². The van der Waals surface area contributed by atoms with E-state index in [1.165, 1.54) is 0 Å². The molecular formula is C17H20F2O2. The monoisotopic (exact) mass is 294 g/mol. The van der Waals surface area contributed by atoms with Crippen molar-refractivity contribution in [2.45, 2.75) is 45.1 Å². The van der Waals surface area contributed by atoms with Crippen molar-refractivity contribution in [3.05, 3.63) is 35.9 Å². The molecule has 114 valence electrons. The Balaban J connectivity index is 1.56. The number of carbonyl (C=O) groups excluding carboxylic acids is 1. The predicted molar refractivity (Wildman–Crippen MR) is 74.7 cm³/mol. The highest BCUT2D eigenvalue weighted by molar-refractivity contribution is 5.73. The fourth-order valence-corrected chi connectivity index (χ4v) is 4.04. The lowest BCUT2D eigenvalue weighted by atomic mass is 9.82. The standard InChI is InChI=1S/C17H20F2O2/c1-16-8-13(7-14(16)9-17(18,19)11-16)15(20)21-10-12-5-3-2-4-6-12/h2-6,13-14H,7-11H2,1H3/t13?,14-,16?/m0/s1. The van der Waals surface area contributed by atoms with Crippen molar-refractivity contribution in [3.8, 4) is 0 Å². The second-order valence-corrected chi connectivity index (χ2v) is 6.82. The number of esters is 1. The van der Waals surface area contributed by atoms with Gasteiger partial charge in [-0.1, -0.05) is 37.3 Å². The molecule has 2 fully saturated rings. The van der Waals surface area contributed by atoms with E-state index in [9.17, 15) is 13.6 Å². The molecule has 0 aliphatic heterocycles. The summed E-state index contributed by atoms with van der Waals surface area (Å²) in [7, 11) is 0. The van der Waals surface area contributed by atoms with Crippen molar-refractivity contribution in [1.82, 2.24) is 0 Å². The van der Waals surface area contributed by atoms with E-state index < -0.39 is 11.3 Å². The molecule has 3 atom stereocenters. The number of hydrogen-bond acceptors (Lipinski definition) is 2. The maximum atomic E-state index is 13.5. The molecule has 3 rings (SSSR count). The Labute approximate surface area is 123 Å². The van der Waals surface area contributed by atoms with Crippen LogP contribution in [0.2, 0.25) is 0 Å². The smallest absolute Gasteiger partial charge is 0.309 e. The summed E-state index contributed by atoms with van der Waals surface area (Å²) in [6.07, 6.45) is 0.902. The van der Waals surface area contributed by atoms with E-state index in [1.54, 1.807) is 0 Å². The zero-order chi connectivity index (χ0) is 15.1. The van der Waals surface area contributed by atoms with Crippen LogP contribution in [0.15, 0.2) is 30.3 Å². The molecule has 0 bridgehead atoms. The number of carbonyl (C=O) groups is 1. The molecule has 21 heavy (non-hydrogen) atoms. The first-order valence-electron chi connectivity index (χ1n) is 7.46. The summed E-state index contributed by atoms with van der Waals surface area (Å²) < 4.78 is 32.3. The van der Waals surface area contributed by atoms with Crippen LogP contribution in [0.25, 0.3) is 0 Å². The quantitative estimate of drug-likeness (QED) is 0.781. The van der Waals surface area contributed by atoms with Crippen molar-refractivity contribution >= 4 is 5.97 Å². The third-order valence-corrected chi connectivity index (χ3v) is 5.03. The summed E-state index contributed by atoms with van der Waals surface area (Å²) in [5.41, 5.74) is 0.543. The summed E-state index contributed by atoms with van der Waals surface area (Å²) in [6, 6.07) is 9.50. The predicted octanol–water partition coefficient (Wildman–Crippen LogP) is 4.19. The van der Waals surface area contributed by atoms with Crippen molar-refractivity contribution < 1.29 is 18.3 Å². The third kappa shape index (κ3) is 2.94. The van der Waals surface area contributed by atoms with E-state index in [0.717, 1.165) is 5.56 Å². The fourth-order valence-electron chi connectivity index (χ4n) is 4.04. The molecule has 2 unspecified atom stereocenters. The first-order valence-corrected chi connectivity index (χ1v) is 7.46. The van der Waals surface area contributed by atoms with Crippen LogP contribution < -0.4 is 0 Å². The lowest BCUT2D eigenvalue weighted by Crippen LogP contribution is -2.21. The molecule has 2 aliphatic rings. The molecule has 0 radical (unpaired) electrons. The average Bonchev–Trinajstić information content (AvgIpc) is 2.83. The Hall–Kier alpha value is -1.45. The van der Waals surface area contributed by atoms with Gasteiger partial charge >= 0.3 is 5.97 Å². The van der Waals surface area contributed by atoms with Crippen LogP contribution >= 0.6 is 0 Å². The Kier molecular flexibility index (Phi) is 3.50. The van der Waals surface area contributed by atoms with Gasteiger partial charge in [0.25, 0.3) is 0 Å². The van der Waals surface area contributed by atoms with Crippen LogP contribution in [-0.2, 0) is 16.1 Å². The largest absolute Gasteiger partial charge is 0.461 e. The molecule has 1 aromatic carbocycles. The Bertz CT molecular complexity index is 529. The minimum Gasteiger partial charge on any atom is -0.461 e. The maximum Gasteiger partial charge on any atom is 0.309 e. The zero-order valence-corrected chi connectivity index (χ0v) is 12.1. The number of fused-ring (bicyclic) bond motifs is 1. The molecule has 2 nitrogen and oxygen atoms in total. The topological polar surface area (TPSA) is 26.3 Å². The van der Waals surface area contributed by atoms with Gasteiger partial charge in [0.1, 0.15) is 6.61 Å².